The number of hydrogen-bond donors (Lipinski definition) is 1. The molecule has 0 spiro atoms. The first kappa shape index (κ1) is 13.0. The summed E-state index contributed by atoms with van der Waals surface area (Å²) in [5, 5.41) is 3.75. The van der Waals surface area contributed by atoms with Gasteiger partial charge in [-0.15, -0.1) is 0 Å². The van der Waals surface area contributed by atoms with Gasteiger partial charge in [0.05, 0.1) is 0 Å². The lowest BCUT2D eigenvalue weighted by molar-refractivity contribution is 0.220. The zero-order chi connectivity index (χ0) is 11.5. The van der Waals surface area contributed by atoms with Crippen LogP contribution in [0.4, 0.5) is 0 Å². The minimum absolute atomic E-state index is 0.470. The summed E-state index contributed by atoms with van der Waals surface area (Å²) in [6.07, 6.45) is 5.49. The molecule has 0 saturated heterocycles. The second kappa shape index (κ2) is 5.34. The van der Waals surface area contributed by atoms with E-state index >= 15 is 0 Å². The summed E-state index contributed by atoms with van der Waals surface area (Å²) in [6.45, 7) is 12.9. The van der Waals surface area contributed by atoms with Gasteiger partial charge in [0.2, 0.25) is 0 Å². The predicted molar refractivity (Wildman–Crippen MR) is 68.0 cm³/mol. The van der Waals surface area contributed by atoms with Crippen LogP contribution in [0.15, 0.2) is 0 Å². The van der Waals surface area contributed by atoms with Gasteiger partial charge >= 0.3 is 0 Å². The molecule has 0 aromatic carbocycles. The SMILES string of the molecule is CC1CCC(NCCC(C)(C)C)C(C)C1. The summed E-state index contributed by atoms with van der Waals surface area (Å²) in [7, 11) is 0. The third kappa shape index (κ3) is 5.01. The van der Waals surface area contributed by atoms with Crippen molar-refractivity contribution >= 4 is 0 Å². The van der Waals surface area contributed by atoms with Gasteiger partial charge in [-0.1, -0.05) is 34.6 Å². The first-order valence-electron chi connectivity index (χ1n) is 6.62. The van der Waals surface area contributed by atoms with Crippen LogP contribution in [0.1, 0.15) is 60.3 Å². The molecule has 3 atom stereocenters. The van der Waals surface area contributed by atoms with Crippen molar-refractivity contribution < 1.29 is 0 Å². The van der Waals surface area contributed by atoms with Crippen molar-refractivity contribution in [2.45, 2.75) is 66.3 Å². The number of nitrogens with one attached hydrogen (secondary N) is 1. The molecule has 90 valence electrons. The Bertz CT molecular complexity index is 180. The summed E-state index contributed by atoms with van der Waals surface area (Å²) in [6, 6.07) is 0.781. The van der Waals surface area contributed by atoms with Crippen LogP contribution in [0.25, 0.3) is 0 Å². The lowest BCUT2D eigenvalue weighted by atomic mass is 9.79. The Hall–Kier alpha value is -0.0400. The molecule has 1 nitrogen and oxygen atoms in total. The van der Waals surface area contributed by atoms with Gasteiger partial charge in [0.25, 0.3) is 0 Å². The van der Waals surface area contributed by atoms with Crippen molar-refractivity contribution in [1.82, 2.24) is 5.32 Å². The van der Waals surface area contributed by atoms with Crippen LogP contribution in [0, 0.1) is 17.3 Å². The van der Waals surface area contributed by atoms with Crippen LogP contribution < -0.4 is 5.32 Å². The molecule has 0 heterocycles. The molecule has 1 heteroatoms. The summed E-state index contributed by atoms with van der Waals surface area (Å²) >= 11 is 0. The second-order valence-electron chi connectivity index (χ2n) is 6.77. The Morgan fingerprint density at radius 3 is 2.33 bits per heavy atom. The van der Waals surface area contributed by atoms with Gasteiger partial charge < -0.3 is 5.32 Å². The maximum absolute atomic E-state index is 3.75. The molecule has 0 bridgehead atoms. The van der Waals surface area contributed by atoms with Gasteiger partial charge in [-0.2, -0.15) is 0 Å². The third-order valence-corrected chi connectivity index (χ3v) is 3.71. The minimum atomic E-state index is 0.470. The van der Waals surface area contributed by atoms with Crippen LogP contribution in [0.2, 0.25) is 0 Å². The summed E-state index contributed by atoms with van der Waals surface area (Å²) < 4.78 is 0. The lowest BCUT2D eigenvalue weighted by Crippen LogP contribution is -2.40. The highest BCUT2D eigenvalue weighted by molar-refractivity contribution is 4.81. The fraction of sp³-hybridized carbons (Fsp3) is 1.00. The van der Waals surface area contributed by atoms with Crippen molar-refractivity contribution in [1.29, 1.82) is 0 Å². The Morgan fingerprint density at radius 2 is 1.80 bits per heavy atom. The third-order valence-electron chi connectivity index (χ3n) is 3.71. The average molecular weight is 211 g/mol. The second-order valence-corrected chi connectivity index (χ2v) is 6.77. The van der Waals surface area contributed by atoms with E-state index in [2.05, 4.69) is 39.9 Å². The van der Waals surface area contributed by atoms with Gasteiger partial charge in [-0.05, 0) is 49.5 Å². The van der Waals surface area contributed by atoms with E-state index in [1.165, 1.54) is 32.2 Å². The highest BCUT2D eigenvalue weighted by atomic mass is 14.9. The van der Waals surface area contributed by atoms with E-state index < -0.39 is 0 Å². The standard InChI is InChI=1S/C14H29N/c1-11-6-7-13(12(2)10-11)15-9-8-14(3,4)5/h11-13,15H,6-10H2,1-5H3. The molecular weight excluding hydrogens is 182 g/mol. The van der Waals surface area contributed by atoms with Gasteiger partial charge in [-0.25, -0.2) is 0 Å². The van der Waals surface area contributed by atoms with E-state index in [1.54, 1.807) is 0 Å². The fourth-order valence-electron chi connectivity index (χ4n) is 2.60. The van der Waals surface area contributed by atoms with Crippen LogP contribution in [-0.2, 0) is 0 Å². The molecule has 0 aliphatic heterocycles. The molecule has 1 rings (SSSR count). The Labute approximate surface area is 96.0 Å². The molecule has 1 fully saturated rings. The predicted octanol–water partition coefficient (Wildman–Crippen LogP) is 3.84. The zero-order valence-electron chi connectivity index (χ0n) is 11.3. The quantitative estimate of drug-likeness (QED) is 0.748. The summed E-state index contributed by atoms with van der Waals surface area (Å²) in [5.74, 6) is 1.81. The number of hydrogen-bond acceptors (Lipinski definition) is 1. The van der Waals surface area contributed by atoms with E-state index in [4.69, 9.17) is 0 Å². The van der Waals surface area contributed by atoms with E-state index in [1.807, 2.05) is 0 Å². The molecule has 1 aliphatic carbocycles. The highest BCUT2D eigenvalue weighted by Gasteiger charge is 2.24. The molecule has 1 aliphatic rings. The first-order chi connectivity index (χ1) is 6.88. The van der Waals surface area contributed by atoms with Crippen molar-refractivity contribution in [3.05, 3.63) is 0 Å². The molecule has 0 aromatic rings. The largest absolute Gasteiger partial charge is 0.314 e. The molecule has 15 heavy (non-hydrogen) atoms. The van der Waals surface area contributed by atoms with E-state index in [0.717, 1.165) is 17.9 Å². The average Bonchev–Trinajstić information content (AvgIpc) is 2.07. The van der Waals surface area contributed by atoms with Crippen molar-refractivity contribution in [3.8, 4) is 0 Å². The lowest BCUT2D eigenvalue weighted by Gasteiger charge is -2.34. The Balaban J connectivity index is 2.21. The maximum atomic E-state index is 3.75. The topological polar surface area (TPSA) is 12.0 Å². The molecule has 0 aromatic heterocycles. The molecule has 0 amide bonds. The van der Waals surface area contributed by atoms with Crippen molar-refractivity contribution in [3.63, 3.8) is 0 Å². The van der Waals surface area contributed by atoms with Crippen molar-refractivity contribution in [2.24, 2.45) is 17.3 Å². The molecule has 1 N–H and O–H groups in total. The minimum Gasteiger partial charge on any atom is -0.314 e. The van der Waals surface area contributed by atoms with Crippen LogP contribution in [0.5, 0.6) is 0 Å². The first-order valence-corrected chi connectivity index (χ1v) is 6.62. The molecule has 0 radical (unpaired) electrons. The van der Waals surface area contributed by atoms with Gasteiger partial charge in [0.1, 0.15) is 0 Å². The summed E-state index contributed by atoms with van der Waals surface area (Å²) in [5.41, 5.74) is 0.470. The number of rotatable bonds is 3. The van der Waals surface area contributed by atoms with E-state index in [9.17, 15) is 0 Å². The van der Waals surface area contributed by atoms with Gasteiger partial charge in [-0.3, -0.25) is 0 Å². The smallest absolute Gasteiger partial charge is 0.00928 e. The molecule has 1 saturated carbocycles. The van der Waals surface area contributed by atoms with E-state index in [-0.39, 0.29) is 0 Å². The highest BCUT2D eigenvalue weighted by Crippen LogP contribution is 2.28. The van der Waals surface area contributed by atoms with Crippen LogP contribution in [0.3, 0.4) is 0 Å². The van der Waals surface area contributed by atoms with Crippen molar-refractivity contribution in [2.75, 3.05) is 6.54 Å². The Morgan fingerprint density at radius 1 is 1.13 bits per heavy atom. The Kier molecular flexibility index (Phi) is 4.64. The van der Waals surface area contributed by atoms with Crippen LogP contribution >= 0.6 is 0 Å². The molecule has 3 unspecified atom stereocenters. The fourth-order valence-corrected chi connectivity index (χ4v) is 2.60. The monoisotopic (exact) mass is 211 g/mol. The molecular formula is C14H29N. The normalized spacial score (nSPS) is 33.0. The maximum Gasteiger partial charge on any atom is 0.00928 e. The van der Waals surface area contributed by atoms with E-state index in [0.29, 0.717) is 5.41 Å². The van der Waals surface area contributed by atoms with Gasteiger partial charge in [0.15, 0.2) is 0 Å². The van der Waals surface area contributed by atoms with Crippen LogP contribution in [-0.4, -0.2) is 12.6 Å². The summed E-state index contributed by atoms with van der Waals surface area (Å²) in [4.78, 5) is 0. The zero-order valence-corrected chi connectivity index (χ0v) is 11.3. The van der Waals surface area contributed by atoms with Gasteiger partial charge in [0, 0.05) is 6.04 Å².